The minimum absolute atomic E-state index is 0.802. The standard InChI is InChI=1S/C6H12Se2/c1-3-7-5-6-8-4-2/h5-6H,3-4H2,1-2H3/b6-5+. The summed E-state index contributed by atoms with van der Waals surface area (Å²) in [7, 11) is 0. The maximum atomic E-state index is 2.36. The van der Waals surface area contributed by atoms with Gasteiger partial charge in [-0.2, -0.15) is 0 Å². The molecule has 0 aromatic rings. The molecule has 0 rings (SSSR count). The molecule has 0 unspecified atom stereocenters. The van der Waals surface area contributed by atoms with Crippen LogP contribution in [0.5, 0.6) is 0 Å². The predicted octanol–water partition coefficient (Wildman–Crippen LogP) is 1.74. The summed E-state index contributed by atoms with van der Waals surface area (Å²) >= 11 is 1.60. The van der Waals surface area contributed by atoms with E-state index >= 15 is 0 Å². The van der Waals surface area contributed by atoms with Crippen LogP contribution in [0.15, 0.2) is 9.95 Å². The fourth-order valence-corrected chi connectivity index (χ4v) is 3.12. The molecule has 48 valence electrons. The van der Waals surface area contributed by atoms with Crippen molar-refractivity contribution < 1.29 is 0 Å². The number of hydrogen-bond donors (Lipinski definition) is 0. The molecule has 2 heteroatoms. The Morgan fingerprint density at radius 2 is 1.38 bits per heavy atom. The van der Waals surface area contributed by atoms with Gasteiger partial charge in [0.2, 0.25) is 0 Å². The van der Waals surface area contributed by atoms with Crippen molar-refractivity contribution in [1.29, 1.82) is 0 Å². The molecule has 0 bridgehead atoms. The first-order valence-electron chi connectivity index (χ1n) is 2.80. The summed E-state index contributed by atoms with van der Waals surface area (Å²) in [5.41, 5.74) is 0. The van der Waals surface area contributed by atoms with Gasteiger partial charge in [-0.1, -0.05) is 0 Å². The van der Waals surface area contributed by atoms with Crippen molar-refractivity contribution in [1.82, 2.24) is 0 Å². The van der Waals surface area contributed by atoms with Crippen LogP contribution in [-0.4, -0.2) is 29.9 Å². The van der Waals surface area contributed by atoms with E-state index in [0.29, 0.717) is 0 Å². The summed E-state index contributed by atoms with van der Waals surface area (Å²) in [6.07, 6.45) is 0. The Kier molecular flexibility index (Phi) is 8.54. The molecule has 0 heterocycles. The zero-order valence-electron chi connectivity index (χ0n) is 5.39. The van der Waals surface area contributed by atoms with Crippen LogP contribution in [0.1, 0.15) is 13.8 Å². The zero-order valence-corrected chi connectivity index (χ0v) is 8.81. The molecule has 0 fully saturated rings. The van der Waals surface area contributed by atoms with E-state index < -0.39 is 0 Å². The average Bonchev–Trinajstić information content (AvgIpc) is 1.81. The van der Waals surface area contributed by atoms with Crippen molar-refractivity contribution in [2.24, 2.45) is 0 Å². The van der Waals surface area contributed by atoms with Gasteiger partial charge in [0.05, 0.1) is 0 Å². The van der Waals surface area contributed by atoms with E-state index in [-0.39, 0.29) is 0 Å². The molecule has 0 radical (unpaired) electrons. The van der Waals surface area contributed by atoms with Gasteiger partial charge in [0.15, 0.2) is 0 Å². The van der Waals surface area contributed by atoms with E-state index in [2.05, 4.69) is 23.8 Å². The van der Waals surface area contributed by atoms with Crippen molar-refractivity contribution >= 4 is 29.9 Å². The summed E-state index contributed by atoms with van der Waals surface area (Å²) < 4.78 is 0. The van der Waals surface area contributed by atoms with Crippen LogP contribution < -0.4 is 0 Å². The second kappa shape index (κ2) is 7.78. The van der Waals surface area contributed by atoms with Gasteiger partial charge in [0.25, 0.3) is 0 Å². The molecule has 8 heavy (non-hydrogen) atoms. The summed E-state index contributed by atoms with van der Waals surface area (Å²) in [5, 5.41) is 2.70. The zero-order chi connectivity index (χ0) is 6.24. The van der Waals surface area contributed by atoms with E-state index in [1.54, 1.807) is 0 Å². The molecule has 0 saturated heterocycles. The van der Waals surface area contributed by atoms with Gasteiger partial charge >= 0.3 is 64.3 Å². The second-order valence-electron chi connectivity index (χ2n) is 1.18. The molecule has 0 aromatic carbocycles. The third-order valence-electron chi connectivity index (χ3n) is 0.581. The van der Waals surface area contributed by atoms with Gasteiger partial charge < -0.3 is 0 Å². The third-order valence-corrected chi connectivity index (χ3v) is 4.23. The predicted molar refractivity (Wildman–Crippen MR) is 41.6 cm³/mol. The van der Waals surface area contributed by atoms with Crippen LogP contribution in [0.25, 0.3) is 0 Å². The summed E-state index contributed by atoms with van der Waals surface area (Å²) in [6, 6.07) is 0. The normalized spacial score (nSPS) is 10.8. The first-order valence-corrected chi connectivity index (χ1v) is 7.20. The first-order chi connectivity index (χ1) is 3.91. The van der Waals surface area contributed by atoms with Crippen molar-refractivity contribution in [2.75, 3.05) is 0 Å². The monoisotopic (exact) mass is 244 g/mol. The van der Waals surface area contributed by atoms with Crippen molar-refractivity contribution in [3.63, 3.8) is 0 Å². The summed E-state index contributed by atoms with van der Waals surface area (Å²) in [4.78, 5) is 4.72. The number of hydrogen-bond acceptors (Lipinski definition) is 0. The van der Waals surface area contributed by atoms with Crippen LogP contribution in [-0.2, 0) is 0 Å². The fourth-order valence-electron chi connectivity index (χ4n) is 0.271. The minimum atomic E-state index is 0.802. The third kappa shape index (κ3) is 6.78. The molecular formula is C6H12Se2. The van der Waals surface area contributed by atoms with Gasteiger partial charge in [0, 0.05) is 0 Å². The average molecular weight is 242 g/mol. The topological polar surface area (TPSA) is 0 Å². The Morgan fingerprint density at radius 3 is 1.62 bits per heavy atom. The van der Waals surface area contributed by atoms with Crippen molar-refractivity contribution in [2.45, 2.75) is 24.5 Å². The summed E-state index contributed by atoms with van der Waals surface area (Å²) in [6.45, 7) is 4.48. The molecule has 0 aliphatic heterocycles. The number of rotatable bonds is 4. The SMILES string of the molecule is CC[Se]/C=C/[Se]CC. The molecule has 0 saturated carbocycles. The van der Waals surface area contributed by atoms with E-state index in [9.17, 15) is 0 Å². The van der Waals surface area contributed by atoms with Gasteiger partial charge in [-0.05, 0) is 0 Å². The van der Waals surface area contributed by atoms with Crippen LogP contribution in [0.3, 0.4) is 0 Å². The van der Waals surface area contributed by atoms with Crippen LogP contribution in [0.4, 0.5) is 0 Å². The van der Waals surface area contributed by atoms with Crippen LogP contribution in [0.2, 0.25) is 10.6 Å². The molecule has 0 spiro atoms. The fraction of sp³-hybridized carbons (Fsp3) is 0.667. The van der Waals surface area contributed by atoms with Gasteiger partial charge in [-0.15, -0.1) is 0 Å². The van der Waals surface area contributed by atoms with Crippen LogP contribution in [0, 0.1) is 0 Å². The Morgan fingerprint density at radius 1 is 1.00 bits per heavy atom. The van der Waals surface area contributed by atoms with Crippen molar-refractivity contribution in [3.8, 4) is 0 Å². The quantitative estimate of drug-likeness (QED) is 0.659. The van der Waals surface area contributed by atoms with E-state index in [1.165, 1.54) is 10.6 Å². The second-order valence-corrected chi connectivity index (χ2v) is 6.15. The van der Waals surface area contributed by atoms with Gasteiger partial charge in [-0.3, -0.25) is 0 Å². The Balaban J connectivity index is 2.83. The van der Waals surface area contributed by atoms with Crippen molar-refractivity contribution in [3.05, 3.63) is 9.95 Å². The Hall–Kier alpha value is 0.779. The Labute approximate surface area is 64.4 Å². The molecule has 0 aliphatic rings. The van der Waals surface area contributed by atoms with Crippen LogP contribution >= 0.6 is 0 Å². The molecular weight excluding hydrogens is 230 g/mol. The summed E-state index contributed by atoms with van der Waals surface area (Å²) in [5.74, 6) is 0. The molecule has 0 aliphatic carbocycles. The molecule has 0 aromatic heterocycles. The molecule has 0 amide bonds. The molecule has 0 nitrogen and oxygen atoms in total. The Bertz CT molecular complexity index is 51.5. The molecule has 0 N–H and O–H groups in total. The van der Waals surface area contributed by atoms with E-state index in [4.69, 9.17) is 0 Å². The first kappa shape index (κ1) is 8.78. The van der Waals surface area contributed by atoms with E-state index in [1.807, 2.05) is 0 Å². The van der Waals surface area contributed by atoms with Gasteiger partial charge in [-0.25, -0.2) is 0 Å². The van der Waals surface area contributed by atoms with E-state index in [0.717, 1.165) is 29.9 Å². The molecule has 0 atom stereocenters. The van der Waals surface area contributed by atoms with Gasteiger partial charge in [0.1, 0.15) is 0 Å². The maximum absolute atomic E-state index is 2.36.